The van der Waals surface area contributed by atoms with Gasteiger partial charge in [0.1, 0.15) is 0 Å². The van der Waals surface area contributed by atoms with Crippen molar-refractivity contribution in [3.8, 4) is 0 Å². The highest BCUT2D eigenvalue weighted by Crippen LogP contribution is 2.20. The zero-order valence-electron chi connectivity index (χ0n) is 12.7. The fourth-order valence-electron chi connectivity index (χ4n) is 1.66. The Balaban J connectivity index is 2.79. The molecule has 0 aliphatic carbocycles. The van der Waals surface area contributed by atoms with Gasteiger partial charge in [0.15, 0.2) is 5.54 Å². The Hall–Kier alpha value is -1.85. The molecule has 20 heavy (non-hydrogen) atoms. The van der Waals surface area contributed by atoms with Gasteiger partial charge in [-0.05, 0) is 19.8 Å². The van der Waals surface area contributed by atoms with Gasteiger partial charge in [0.05, 0.1) is 11.9 Å². The van der Waals surface area contributed by atoms with E-state index in [1.165, 1.54) is 17.1 Å². The number of nitrogens with zero attached hydrogens (tertiary/aromatic N) is 2. The van der Waals surface area contributed by atoms with Crippen LogP contribution in [0.2, 0.25) is 0 Å². The number of rotatable bonds is 6. The molecule has 2 unspecified atom stereocenters. The Morgan fingerprint density at radius 2 is 2.05 bits per heavy atom. The third-order valence-electron chi connectivity index (χ3n) is 3.86. The number of carbonyl (C=O) groups is 2. The molecule has 0 aromatic carbocycles. The highest BCUT2D eigenvalue weighted by Gasteiger charge is 2.30. The number of aliphatic carboxylic acids is 1. The minimum Gasteiger partial charge on any atom is -0.479 e. The van der Waals surface area contributed by atoms with Gasteiger partial charge in [0.25, 0.3) is 0 Å². The minimum atomic E-state index is -1.15. The molecule has 2 N–H and O–H groups in total. The molecule has 6 heteroatoms. The Bertz CT molecular complexity index is 494. The van der Waals surface area contributed by atoms with Crippen molar-refractivity contribution in [2.45, 2.75) is 46.6 Å². The third-order valence-corrected chi connectivity index (χ3v) is 3.86. The van der Waals surface area contributed by atoms with Crippen molar-refractivity contribution in [3.05, 3.63) is 12.4 Å². The molecule has 0 aliphatic heterocycles. The maximum atomic E-state index is 12.0. The molecule has 112 valence electrons. The Kier molecular flexibility index (Phi) is 4.92. The van der Waals surface area contributed by atoms with Gasteiger partial charge in [-0.25, -0.2) is 4.79 Å². The van der Waals surface area contributed by atoms with Gasteiger partial charge >= 0.3 is 5.97 Å². The summed E-state index contributed by atoms with van der Waals surface area (Å²) in [6.07, 6.45) is 3.93. The van der Waals surface area contributed by atoms with Crippen LogP contribution in [0.5, 0.6) is 0 Å². The van der Waals surface area contributed by atoms with Crippen LogP contribution in [0.4, 0.5) is 5.69 Å². The summed E-state index contributed by atoms with van der Waals surface area (Å²) in [5, 5.41) is 15.9. The lowest BCUT2D eigenvalue weighted by atomic mass is 9.93. The van der Waals surface area contributed by atoms with E-state index in [0.717, 1.165) is 6.42 Å². The molecule has 0 aliphatic rings. The summed E-state index contributed by atoms with van der Waals surface area (Å²) in [6.45, 7) is 9.06. The maximum Gasteiger partial charge on any atom is 0.331 e. The maximum absolute atomic E-state index is 12.0. The zero-order valence-corrected chi connectivity index (χ0v) is 12.7. The van der Waals surface area contributed by atoms with Gasteiger partial charge in [0.2, 0.25) is 5.91 Å². The summed E-state index contributed by atoms with van der Waals surface area (Å²) >= 11 is 0. The van der Waals surface area contributed by atoms with E-state index in [4.69, 9.17) is 5.11 Å². The molecule has 1 rings (SSSR count). The van der Waals surface area contributed by atoms with Crippen molar-refractivity contribution in [1.82, 2.24) is 9.78 Å². The average molecular weight is 281 g/mol. The molecule has 0 bridgehead atoms. The summed E-state index contributed by atoms with van der Waals surface area (Å²) < 4.78 is 1.33. The van der Waals surface area contributed by atoms with Crippen LogP contribution in [0.1, 0.15) is 41.0 Å². The van der Waals surface area contributed by atoms with Crippen LogP contribution in [0, 0.1) is 11.8 Å². The molecule has 0 saturated carbocycles. The summed E-state index contributed by atoms with van der Waals surface area (Å²) in [4.78, 5) is 23.2. The standard InChI is InChI=1S/C14H23N3O3/c1-6-9(2)10(3)12(18)16-11-7-15-17(8-11)14(4,5)13(19)20/h7-10H,6H2,1-5H3,(H,16,18)(H,19,20). The van der Waals surface area contributed by atoms with E-state index in [1.807, 2.05) is 20.8 Å². The Morgan fingerprint density at radius 3 is 2.55 bits per heavy atom. The quantitative estimate of drug-likeness (QED) is 0.838. The van der Waals surface area contributed by atoms with Crippen LogP contribution >= 0.6 is 0 Å². The number of carboxylic acid groups (broad SMARTS) is 1. The van der Waals surface area contributed by atoms with E-state index >= 15 is 0 Å². The fraction of sp³-hybridized carbons (Fsp3) is 0.643. The van der Waals surface area contributed by atoms with E-state index < -0.39 is 11.5 Å². The van der Waals surface area contributed by atoms with E-state index in [-0.39, 0.29) is 11.8 Å². The van der Waals surface area contributed by atoms with Gasteiger partial charge in [-0.2, -0.15) is 5.10 Å². The summed E-state index contributed by atoms with van der Waals surface area (Å²) in [6, 6.07) is 0. The first-order valence-electron chi connectivity index (χ1n) is 6.79. The normalized spacial score (nSPS) is 14.7. The molecule has 0 fully saturated rings. The van der Waals surface area contributed by atoms with E-state index in [2.05, 4.69) is 10.4 Å². The van der Waals surface area contributed by atoms with Crippen molar-refractivity contribution in [1.29, 1.82) is 0 Å². The number of amides is 1. The Labute approximate surface area is 119 Å². The van der Waals surface area contributed by atoms with Gasteiger partial charge < -0.3 is 10.4 Å². The molecule has 1 heterocycles. The summed E-state index contributed by atoms with van der Waals surface area (Å²) in [7, 11) is 0. The highest BCUT2D eigenvalue weighted by molar-refractivity contribution is 5.92. The van der Waals surface area contributed by atoms with Gasteiger partial charge in [-0.1, -0.05) is 27.2 Å². The van der Waals surface area contributed by atoms with Crippen LogP contribution in [-0.4, -0.2) is 26.8 Å². The van der Waals surface area contributed by atoms with E-state index in [9.17, 15) is 9.59 Å². The number of hydrogen-bond donors (Lipinski definition) is 2. The number of nitrogens with one attached hydrogen (secondary N) is 1. The van der Waals surface area contributed by atoms with Gasteiger partial charge in [-0.15, -0.1) is 0 Å². The molecule has 1 aromatic rings. The number of anilines is 1. The lowest BCUT2D eigenvalue weighted by Crippen LogP contribution is -2.36. The van der Waals surface area contributed by atoms with Crippen LogP contribution in [0.25, 0.3) is 0 Å². The topological polar surface area (TPSA) is 84.2 Å². The first-order valence-corrected chi connectivity index (χ1v) is 6.79. The summed E-state index contributed by atoms with van der Waals surface area (Å²) in [5.41, 5.74) is -0.634. The van der Waals surface area contributed by atoms with Crippen molar-refractivity contribution in [2.24, 2.45) is 11.8 Å². The summed E-state index contributed by atoms with van der Waals surface area (Å²) in [5.74, 6) is -0.866. The number of aromatic nitrogens is 2. The Morgan fingerprint density at radius 1 is 1.45 bits per heavy atom. The first-order chi connectivity index (χ1) is 9.20. The van der Waals surface area contributed by atoms with Crippen LogP contribution in [0.3, 0.4) is 0 Å². The molecule has 0 radical (unpaired) electrons. The van der Waals surface area contributed by atoms with Crippen LogP contribution in [0.15, 0.2) is 12.4 Å². The molecule has 2 atom stereocenters. The van der Waals surface area contributed by atoms with Crippen molar-refractivity contribution < 1.29 is 14.7 Å². The molecule has 1 amide bonds. The van der Waals surface area contributed by atoms with Crippen molar-refractivity contribution in [3.63, 3.8) is 0 Å². The van der Waals surface area contributed by atoms with Crippen molar-refractivity contribution in [2.75, 3.05) is 5.32 Å². The number of carbonyl (C=O) groups excluding carboxylic acids is 1. The second-order valence-electron chi connectivity index (χ2n) is 5.70. The van der Waals surface area contributed by atoms with Gasteiger partial charge in [-0.3, -0.25) is 9.48 Å². The third kappa shape index (κ3) is 3.37. The number of carboxylic acids is 1. The lowest BCUT2D eigenvalue weighted by molar-refractivity contribution is -0.146. The largest absolute Gasteiger partial charge is 0.479 e. The zero-order chi connectivity index (χ0) is 15.5. The molecule has 6 nitrogen and oxygen atoms in total. The smallest absolute Gasteiger partial charge is 0.331 e. The fourth-order valence-corrected chi connectivity index (χ4v) is 1.66. The molecular formula is C14H23N3O3. The SMILES string of the molecule is CCC(C)C(C)C(=O)Nc1cnn(C(C)(C)C(=O)O)c1. The van der Waals surface area contributed by atoms with Crippen molar-refractivity contribution >= 4 is 17.6 Å². The average Bonchev–Trinajstić information content (AvgIpc) is 2.85. The molecule has 0 spiro atoms. The highest BCUT2D eigenvalue weighted by atomic mass is 16.4. The predicted octanol–water partition coefficient (Wildman–Crippen LogP) is 2.32. The molecular weight excluding hydrogens is 258 g/mol. The van der Waals surface area contributed by atoms with E-state index in [0.29, 0.717) is 11.6 Å². The lowest BCUT2D eigenvalue weighted by Gasteiger charge is -2.19. The van der Waals surface area contributed by atoms with Crippen LogP contribution in [-0.2, 0) is 15.1 Å². The first kappa shape index (κ1) is 16.2. The molecule has 0 saturated heterocycles. The minimum absolute atomic E-state index is 0.0768. The van der Waals surface area contributed by atoms with Gasteiger partial charge in [0, 0.05) is 12.1 Å². The number of hydrogen-bond acceptors (Lipinski definition) is 3. The molecule has 1 aromatic heterocycles. The second-order valence-corrected chi connectivity index (χ2v) is 5.70. The monoisotopic (exact) mass is 281 g/mol. The second kappa shape index (κ2) is 6.07. The van der Waals surface area contributed by atoms with Crippen LogP contribution < -0.4 is 5.32 Å². The predicted molar refractivity (Wildman–Crippen MR) is 76.4 cm³/mol. The van der Waals surface area contributed by atoms with E-state index in [1.54, 1.807) is 13.8 Å².